The van der Waals surface area contributed by atoms with Crippen LogP contribution in [0.3, 0.4) is 0 Å². The maximum Gasteiger partial charge on any atom is 0.0798 e. The Bertz CT molecular complexity index is 90.3. The zero-order valence-electron chi connectivity index (χ0n) is 4.48. The lowest BCUT2D eigenvalue weighted by Crippen LogP contribution is -1.66. The number of nitrogens with zero attached hydrogens (tertiary/aromatic N) is 1. The minimum atomic E-state index is 0.908. The summed E-state index contributed by atoms with van der Waals surface area (Å²) in [4.78, 5) is 3.90. The van der Waals surface area contributed by atoms with Crippen LogP contribution in [0.5, 0.6) is 0 Å². The topological polar surface area (TPSA) is 12.4 Å². The quantitative estimate of drug-likeness (QED) is 0.524. The summed E-state index contributed by atoms with van der Waals surface area (Å²) in [6.45, 7) is 3.82. The lowest BCUT2D eigenvalue weighted by atomic mass is 10.7. The molecule has 0 aromatic rings. The number of aliphatic imine (C=N–C) groups is 1. The van der Waals surface area contributed by atoms with Crippen molar-refractivity contribution in [2.75, 3.05) is 0 Å². The van der Waals surface area contributed by atoms with Gasteiger partial charge in [-0.05, 0) is 29.8 Å². The molecule has 0 spiro atoms. The van der Waals surface area contributed by atoms with Crippen molar-refractivity contribution in [2.45, 2.75) is 13.8 Å². The van der Waals surface area contributed by atoms with E-state index in [0.717, 1.165) is 4.62 Å². The summed E-state index contributed by atoms with van der Waals surface area (Å²) >= 11 is 3.17. The Hall–Kier alpha value is -0.110. The minimum Gasteiger partial charge on any atom is -0.254 e. The average molecular weight is 162 g/mol. The van der Waals surface area contributed by atoms with Crippen molar-refractivity contribution < 1.29 is 0 Å². The van der Waals surface area contributed by atoms with Gasteiger partial charge in [-0.25, -0.2) is 0 Å². The van der Waals surface area contributed by atoms with Crippen LogP contribution >= 0.6 is 15.9 Å². The summed E-state index contributed by atoms with van der Waals surface area (Å²) in [5.41, 5.74) is 0. The van der Waals surface area contributed by atoms with E-state index in [1.165, 1.54) is 0 Å². The van der Waals surface area contributed by atoms with Gasteiger partial charge in [-0.15, -0.1) is 0 Å². The second-order valence-corrected chi connectivity index (χ2v) is 2.26. The van der Waals surface area contributed by atoms with Gasteiger partial charge in [0.05, 0.1) is 4.62 Å². The van der Waals surface area contributed by atoms with Gasteiger partial charge in [-0.2, -0.15) is 0 Å². The summed E-state index contributed by atoms with van der Waals surface area (Å²) < 4.78 is 0.908. The second kappa shape index (κ2) is 4.06. The largest absolute Gasteiger partial charge is 0.254 e. The maximum atomic E-state index is 3.90. The molecule has 7 heavy (non-hydrogen) atoms. The lowest BCUT2D eigenvalue weighted by molar-refractivity contribution is 1.53. The van der Waals surface area contributed by atoms with Crippen LogP contribution in [0.1, 0.15) is 13.8 Å². The standard InChI is InChI=1S/C5H8BrN/c1-3-4-7-5(2)6/h3-4H,1-2H3/b4-3-,7-5?. The molecule has 0 saturated heterocycles. The van der Waals surface area contributed by atoms with Crippen LogP contribution in [0.15, 0.2) is 17.3 Å². The molecule has 2 heteroatoms. The van der Waals surface area contributed by atoms with Gasteiger partial charge in [-0.1, -0.05) is 6.08 Å². The van der Waals surface area contributed by atoms with Gasteiger partial charge in [0.15, 0.2) is 0 Å². The maximum absolute atomic E-state index is 3.90. The van der Waals surface area contributed by atoms with Crippen molar-refractivity contribution in [3.8, 4) is 0 Å². The first-order chi connectivity index (χ1) is 3.27. The Morgan fingerprint density at radius 3 is 2.43 bits per heavy atom. The molecule has 0 aliphatic heterocycles. The third kappa shape index (κ3) is 5.89. The van der Waals surface area contributed by atoms with E-state index >= 15 is 0 Å². The van der Waals surface area contributed by atoms with Crippen molar-refractivity contribution in [2.24, 2.45) is 4.99 Å². The number of halogens is 1. The number of allylic oxidation sites excluding steroid dienone is 1. The van der Waals surface area contributed by atoms with Gasteiger partial charge in [0.25, 0.3) is 0 Å². The lowest BCUT2D eigenvalue weighted by Gasteiger charge is -1.75. The SMILES string of the molecule is C/C=C\N=C(C)Br. The van der Waals surface area contributed by atoms with Gasteiger partial charge in [-0.3, -0.25) is 4.99 Å². The highest BCUT2D eigenvalue weighted by Crippen LogP contribution is 1.86. The van der Waals surface area contributed by atoms with E-state index in [9.17, 15) is 0 Å². The third-order valence-electron chi connectivity index (χ3n) is 0.402. The van der Waals surface area contributed by atoms with E-state index in [2.05, 4.69) is 20.9 Å². The predicted octanol–water partition coefficient (Wildman–Crippen LogP) is 2.33. The highest BCUT2D eigenvalue weighted by molar-refractivity contribution is 9.18. The Morgan fingerprint density at radius 2 is 2.29 bits per heavy atom. The molecular weight excluding hydrogens is 154 g/mol. The first-order valence-corrected chi connectivity index (χ1v) is 2.87. The fraction of sp³-hybridized carbons (Fsp3) is 0.400. The molecule has 0 aromatic heterocycles. The van der Waals surface area contributed by atoms with Gasteiger partial charge in [0.1, 0.15) is 0 Å². The molecule has 0 aliphatic carbocycles. The van der Waals surface area contributed by atoms with Crippen LogP contribution in [0, 0.1) is 0 Å². The molecule has 0 aliphatic rings. The number of hydrogen-bond donors (Lipinski definition) is 0. The molecule has 0 radical (unpaired) electrons. The summed E-state index contributed by atoms with van der Waals surface area (Å²) in [7, 11) is 0. The van der Waals surface area contributed by atoms with E-state index < -0.39 is 0 Å². The molecule has 0 bridgehead atoms. The smallest absolute Gasteiger partial charge is 0.0798 e. The second-order valence-electron chi connectivity index (χ2n) is 1.11. The molecule has 40 valence electrons. The number of hydrogen-bond acceptors (Lipinski definition) is 1. The summed E-state index contributed by atoms with van der Waals surface area (Å²) in [5.74, 6) is 0. The highest BCUT2D eigenvalue weighted by atomic mass is 79.9. The van der Waals surface area contributed by atoms with Crippen LogP contribution in [0.2, 0.25) is 0 Å². The molecule has 0 aromatic carbocycles. The summed E-state index contributed by atoms with van der Waals surface area (Å²) in [6, 6.07) is 0. The van der Waals surface area contributed by atoms with Crippen molar-refractivity contribution in [1.82, 2.24) is 0 Å². The Balaban J connectivity index is 3.46. The molecule has 0 unspecified atom stereocenters. The van der Waals surface area contributed by atoms with E-state index in [1.54, 1.807) is 6.20 Å². The summed E-state index contributed by atoms with van der Waals surface area (Å²) in [6.07, 6.45) is 3.62. The van der Waals surface area contributed by atoms with Gasteiger partial charge >= 0.3 is 0 Å². The molecular formula is C5H8BrN. The first kappa shape index (κ1) is 6.89. The minimum absolute atomic E-state index is 0.908. The Morgan fingerprint density at radius 1 is 1.71 bits per heavy atom. The van der Waals surface area contributed by atoms with E-state index in [4.69, 9.17) is 0 Å². The first-order valence-electron chi connectivity index (χ1n) is 2.08. The van der Waals surface area contributed by atoms with Crippen LogP contribution in [-0.4, -0.2) is 4.62 Å². The molecule has 0 rings (SSSR count). The predicted molar refractivity (Wildman–Crippen MR) is 36.9 cm³/mol. The average Bonchev–Trinajstić information content (AvgIpc) is 1.61. The Labute approximate surface area is 52.3 Å². The van der Waals surface area contributed by atoms with Crippen molar-refractivity contribution >= 4 is 20.6 Å². The van der Waals surface area contributed by atoms with Crippen molar-refractivity contribution in [1.29, 1.82) is 0 Å². The van der Waals surface area contributed by atoms with Crippen molar-refractivity contribution in [3.63, 3.8) is 0 Å². The van der Waals surface area contributed by atoms with Crippen LogP contribution in [-0.2, 0) is 0 Å². The van der Waals surface area contributed by atoms with Crippen LogP contribution in [0.25, 0.3) is 0 Å². The van der Waals surface area contributed by atoms with E-state index in [-0.39, 0.29) is 0 Å². The molecule has 0 N–H and O–H groups in total. The molecule has 0 fully saturated rings. The molecule has 0 amide bonds. The number of rotatable bonds is 1. The molecule has 1 nitrogen and oxygen atoms in total. The fourth-order valence-electron chi connectivity index (χ4n) is 0.177. The van der Waals surface area contributed by atoms with Gasteiger partial charge in [0.2, 0.25) is 0 Å². The van der Waals surface area contributed by atoms with E-state index in [1.807, 2.05) is 19.9 Å². The molecule has 0 saturated carbocycles. The Kier molecular flexibility index (Phi) is 4.00. The fourth-order valence-corrected chi connectivity index (χ4v) is 0.295. The van der Waals surface area contributed by atoms with Gasteiger partial charge < -0.3 is 0 Å². The summed E-state index contributed by atoms with van der Waals surface area (Å²) in [5, 5.41) is 0. The molecule has 0 heterocycles. The zero-order valence-corrected chi connectivity index (χ0v) is 6.07. The zero-order chi connectivity index (χ0) is 5.70. The van der Waals surface area contributed by atoms with E-state index in [0.29, 0.717) is 0 Å². The monoisotopic (exact) mass is 161 g/mol. The van der Waals surface area contributed by atoms with Crippen LogP contribution < -0.4 is 0 Å². The van der Waals surface area contributed by atoms with Crippen LogP contribution in [0.4, 0.5) is 0 Å². The molecule has 0 atom stereocenters. The van der Waals surface area contributed by atoms with Gasteiger partial charge in [0, 0.05) is 6.20 Å². The third-order valence-corrected chi connectivity index (χ3v) is 0.606. The normalized spacial score (nSPS) is 13.3. The van der Waals surface area contributed by atoms with Crippen molar-refractivity contribution in [3.05, 3.63) is 12.3 Å². The highest BCUT2D eigenvalue weighted by Gasteiger charge is 1.69.